The lowest BCUT2D eigenvalue weighted by Crippen LogP contribution is -2.97. The molecule has 3 saturated heterocycles. The summed E-state index contributed by atoms with van der Waals surface area (Å²) in [6, 6.07) is 1.51. The van der Waals surface area contributed by atoms with Crippen molar-refractivity contribution >= 4 is 29.8 Å². The van der Waals surface area contributed by atoms with Crippen LogP contribution in [0.3, 0.4) is 0 Å². The summed E-state index contributed by atoms with van der Waals surface area (Å²) in [6.07, 6.45) is -6.31. The molecule has 17 heteroatoms. The topological polar surface area (TPSA) is 233 Å². The summed E-state index contributed by atoms with van der Waals surface area (Å²) in [5.41, 5.74) is -14.8. The zero-order valence-electron chi connectivity index (χ0n) is 35.1. The fraction of sp³-hybridized carbons (Fsp3) is 0.738. The first-order chi connectivity index (χ1) is 27.4. The number of ether oxygens (including phenoxy) is 8. The summed E-state index contributed by atoms with van der Waals surface area (Å²) in [6.45, 7) is 15.2. The van der Waals surface area contributed by atoms with E-state index in [4.69, 9.17) is 42.3 Å². The standard InChI is InChI=1S/C42H54O17/c1-12-19(4)31(48)56-33-35(7)17-39-37(9,23(35)15-24(45)51-11)42-28(47)30(53-20(5)43)36(8)27(25(26(46)18(2)3)32(49)55-29(36)22-13-14-52-16-22)41(42,58-38(10,57-39)59-42)34(40(33,39)50)54-21(6)44/h13-14,16,18-19,23,27-30,33-34,46-47,50H,12,15,17H2,1-11H3/b26-25-/t19?,23-,27+,28+,29-,30-,33-,34+,35+,36+,37+,38?,39?,40-,41+,42-/m0/s1. The third-order valence-electron chi connectivity index (χ3n) is 15.6. The molecule has 2 spiro atoms. The molecule has 4 bridgehead atoms. The summed E-state index contributed by atoms with van der Waals surface area (Å²) >= 11 is 0. The van der Waals surface area contributed by atoms with Gasteiger partial charge in [0.05, 0.1) is 36.5 Å². The monoisotopic (exact) mass is 830 g/mol. The van der Waals surface area contributed by atoms with Crippen LogP contribution in [0, 0.1) is 39.9 Å². The predicted molar refractivity (Wildman–Crippen MR) is 196 cm³/mol. The lowest BCUT2D eigenvalue weighted by molar-refractivity contribution is -0.491. The van der Waals surface area contributed by atoms with Gasteiger partial charge in [-0.1, -0.05) is 48.5 Å². The molecule has 4 saturated carbocycles. The van der Waals surface area contributed by atoms with Crippen LogP contribution in [0.1, 0.15) is 100 Å². The molecule has 17 nitrogen and oxygen atoms in total. The van der Waals surface area contributed by atoms with Crippen molar-refractivity contribution in [2.45, 2.75) is 147 Å². The van der Waals surface area contributed by atoms with Gasteiger partial charge in [0.1, 0.15) is 41.4 Å². The van der Waals surface area contributed by atoms with E-state index in [0.717, 1.165) is 13.8 Å². The van der Waals surface area contributed by atoms with Gasteiger partial charge in [0.15, 0.2) is 17.3 Å². The van der Waals surface area contributed by atoms with E-state index in [1.165, 1.54) is 32.6 Å². The van der Waals surface area contributed by atoms with Crippen molar-refractivity contribution in [3.63, 3.8) is 0 Å². The number of aliphatic hydroxyl groups excluding tert-OH is 2. The molecular formula is C42H54O17. The van der Waals surface area contributed by atoms with Crippen LogP contribution in [-0.2, 0) is 61.9 Å². The summed E-state index contributed by atoms with van der Waals surface area (Å²) in [5.74, 6) is -11.2. The van der Waals surface area contributed by atoms with Crippen molar-refractivity contribution < 1.29 is 81.6 Å². The number of allylic oxidation sites excluding steroid dienone is 1. The fourth-order valence-corrected chi connectivity index (χ4v) is 13.6. The van der Waals surface area contributed by atoms with Gasteiger partial charge >= 0.3 is 29.8 Å². The number of hydrogen-bond donors (Lipinski definition) is 3. The highest BCUT2D eigenvalue weighted by molar-refractivity contribution is 5.92. The minimum absolute atomic E-state index is 0.155. The average molecular weight is 831 g/mol. The van der Waals surface area contributed by atoms with E-state index < -0.39 is 146 Å². The Bertz CT molecular complexity index is 2050. The number of cyclic esters (lactones) is 1. The highest BCUT2D eigenvalue weighted by Gasteiger charge is 3.06. The Kier molecular flexibility index (Phi) is 8.85. The normalized spacial score (nSPS) is 48.4. The van der Waals surface area contributed by atoms with E-state index in [-0.39, 0.29) is 12.0 Å². The molecular weight excluding hydrogens is 776 g/mol. The van der Waals surface area contributed by atoms with Gasteiger partial charge in [0.2, 0.25) is 0 Å². The second kappa shape index (κ2) is 12.5. The maximum Gasteiger partial charge on any atom is 0.338 e. The van der Waals surface area contributed by atoms with Gasteiger partial charge in [-0.05, 0) is 24.8 Å². The van der Waals surface area contributed by atoms with E-state index in [1.54, 1.807) is 48.5 Å². The molecule has 59 heavy (non-hydrogen) atoms. The Hall–Kier alpha value is -4.03. The highest BCUT2D eigenvalue weighted by Crippen LogP contribution is 2.90. The van der Waals surface area contributed by atoms with Gasteiger partial charge in [-0.25, -0.2) is 4.79 Å². The Labute approximate surface area is 340 Å². The Morgan fingerprint density at radius 1 is 0.966 bits per heavy atom. The highest BCUT2D eigenvalue weighted by atomic mass is 16.9. The first-order valence-electron chi connectivity index (χ1n) is 20.2. The molecule has 4 heterocycles. The molecule has 3 N–H and O–H groups in total. The number of carbonyl (C=O) groups excluding carboxylic acids is 5. The zero-order chi connectivity index (χ0) is 43.4. The van der Waals surface area contributed by atoms with Gasteiger partial charge in [-0.15, -0.1) is 0 Å². The van der Waals surface area contributed by atoms with E-state index in [0.29, 0.717) is 6.42 Å². The molecule has 8 rings (SSSR count). The van der Waals surface area contributed by atoms with Crippen LogP contribution in [0.2, 0.25) is 0 Å². The quantitative estimate of drug-likeness (QED) is 0.140. The van der Waals surface area contributed by atoms with E-state index in [2.05, 4.69) is 0 Å². The number of methoxy groups -OCH3 is 1. The Morgan fingerprint density at radius 3 is 2.19 bits per heavy atom. The summed E-state index contributed by atoms with van der Waals surface area (Å²) in [4.78, 5) is 69.6. The van der Waals surface area contributed by atoms with Crippen molar-refractivity contribution in [2.24, 2.45) is 39.9 Å². The summed E-state index contributed by atoms with van der Waals surface area (Å²) in [5, 5.41) is 40.0. The summed E-state index contributed by atoms with van der Waals surface area (Å²) < 4.78 is 57.1. The molecule has 1 aromatic heterocycles. The van der Waals surface area contributed by atoms with Gasteiger partial charge in [0, 0.05) is 55.4 Å². The first kappa shape index (κ1) is 41.7. The minimum atomic E-state index is -2.59. The third kappa shape index (κ3) is 4.45. The van der Waals surface area contributed by atoms with Crippen molar-refractivity contribution in [1.29, 1.82) is 0 Å². The van der Waals surface area contributed by atoms with Crippen molar-refractivity contribution in [3.05, 3.63) is 35.5 Å². The van der Waals surface area contributed by atoms with E-state index in [9.17, 15) is 39.3 Å². The Morgan fingerprint density at radius 2 is 1.63 bits per heavy atom. The van der Waals surface area contributed by atoms with Gasteiger partial charge in [0.25, 0.3) is 5.97 Å². The summed E-state index contributed by atoms with van der Waals surface area (Å²) in [7, 11) is 1.20. The van der Waals surface area contributed by atoms with E-state index in [1.807, 2.05) is 0 Å². The maximum absolute atomic E-state index is 14.8. The first-order valence-corrected chi connectivity index (χ1v) is 20.2. The van der Waals surface area contributed by atoms with Crippen LogP contribution in [-0.4, -0.2) is 105 Å². The SMILES string of the molecule is CCC(C)C(=O)O[C@H]1[C@]2(C)CC34OC5(C)O[C@]6([C@@H]7/C(=C(/O)C(C)C)C(=O)O[C@@H](c8ccoc8)[C@]7(C)[C@@H](OC(C)=O)[C@@H](O)[C@]6(O5)[C@]3(C)[C@H]2CC(=O)OC)[C@H](OC(C)=O)[C@@]14O. The fourth-order valence-electron chi connectivity index (χ4n) is 13.6. The lowest BCUT2D eigenvalue weighted by Gasteiger charge is -2.78. The molecule has 0 amide bonds. The maximum atomic E-state index is 14.8. The average Bonchev–Trinajstić information content (AvgIpc) is 3.86. The van der Waals surface area contributed by atoms with Crippen LogP contribution in [0.25, 0.3) is 0 Å². The van der Waals surface area contributed by atoms with Gasteiger partial charge < -0.3 is 57.6 Å². The van der Waals surface area contributed by atoms with Gasteiger partial charge in [-0.2, -0.15) is 0 Å². The number of rotatable bonds is 9. The van der Waals surface area contributed by atoms with Crippen LogP contribution >= 0.6 is 0 Å². The van der Waals surface area contributed by atoms with Crippen LogP contribution in [0.4, 0.5) is 0 Å². The molecule has 0 aromatic carbocycles. The van der Waals surface area contributed by atoms with E-state index >= 15 is 0 Å². The largest absolute Gasteiger partial charge is 0.511 e. The number of aliphatic hydroxyl groups is 3. The number of furan rings is 1. The number of carbonyl (C=O) groups is 5. The predicted octanol–water partition coefficient (Wildman–Crippen LogP) is 3.48. The zero-order valence-corrected chi connectivity index (χ0v) is 35.1. The molecule has 4 aliphatic carbocycles. The molecule has 7 fully saturated rings. The second-order valence-electron chi connectivity index (χ2n) is 18.8. The minimum Gasteiger partial charge on any atom is -0.511 e. The number of esters is 5. The molecule has 324 valence electrons. The molecule has 7 aliphatic rings. The molecule has 16 atom stereocenters. The van der Waals surface area contributed by atoms with Crippen LogP contribution in [0.15, 0.2) is 34.3 Å². The van der Waals surface area contributed by atoms with Crippen LogP contribution < -0.4 is 0 Å². The van der Waals surface area contributed by atoms with Gasteiger partial charge in [-0.3, -0.25) is 19.2 Å². The second-order valence-corrected chi connectivity index (χ2v) is 18.8. The van der Waals surface area contributed by atoms with Crippen LogP contribution in [0.5, 0.6) is 0 Å². The van der Waals surface area contributed by atoms with Crippen molar-refractivity contribution in [3.8, 4) is 0 Å². The molecule has 1 aromatic rings. The smallest absolute Gasteiger partial charge is 0.338 e. The Balaban J connectivity index is 1.58. The molecule has 3 aliphatic heterocycles. The number of fused-ring (bicyclic) bond motifs is 3. The molecule has 3 unspecified atom stereocenters. The van der Waals surface area contributed by atoms with Crippen molar-refractivity contribution in [1.82, 2.24) is 0 Å². The molecule has 0 radical (unpaired) electrons. The van der Waals surface area contributed by atoms with Crippen molar-refractivity contribution in [2.75, 3.05) is 7.11 Å². The number of hydrogen-bond acceptors (Lipinski definition) is 17. The lowest BCUT2D eigenvalue weighted by atomic mass is 9.32. The third-order valence-corrected chi connectivity index (χ3v) is 15.6.